The normalized spacial score (nSPS) is 17.8. The smallest absolute Gasteiger partial charge is 0.313 e. The highest BCUT2D eigenvalue weighted by molar-refractivity contribution is 6.39. The Balaban J connectivity index is 1.13. The van der Waals surface area contributed by atoms with Crippen LogP contribution in [0.4, 0.5) is 17.2 Å². The van der Waals surface area contributed by atoms with Crippen molar-refractivity contribution in [3.63, 3.8) is 0 Å². The highest BCUT2D eigenvalue weighted by atomic mass is 16.2. The van der Waals surface area contributed by atoms with Crippen molar-refractivity contribution >= 4 is 34.9 Å². The van der Waals surface area contributed by atoms with Crippen LogP contribution in [-0.4, -0.2) is 53.9 Å². The predicted octanol–water partition coefficient (Wildman–Crippen LogP) is 1.28. The van der Waals surface area contributed by atoms with Crippen LogP contribution in [0.3, 0.4) is 0 Å². The topological polar surface area (TPSA) is 108 Å². The molecular formula is C23H26N6O3. The maximum atomic E-state index is 12.4. The van der Waals surface area contributed by atoms with E-state index in [-0.39, 0.29) is 5.91 Å². The largest absolute Gasteiger partial charge is 0.355 e. The zero-order chi connectivity index (χ0) is 22.1. The molecule has 32 heavy (non-hydrogen) atoms. The molecule has 3 aliphatic heterocycles. The lowest BCUT2D eigenvalue weighted by atomic mass is 9.97. The van der Waals surface area contributed by atoms with Crippen LogP contribution in [0.25, 0.3) is 0 Å². The third-order valence-corrected chi connectivity index (χ3v) is 6.51. The van der Waals surface area contributed by atoms with E-state index in [9.17, 15) is 14.4 Å². The minimum atomic E-state index is -0.675. The highest BCUT2D eigenvalue weighted by Gasteiger charge is 2.32. The van der Waals surface area contributed by atoms with Crippen molar-refractivity contribution in [1.82, 2.24) is 15.3 Å². The van der Waals surface area contributed by atoms with Gasteiger partial charge in [-0.3, -0.25) is 19.4 Å². The molecule has 0 saturated carbocycles. The summed E-state index contributed by atoms with van der Waals surface area (Å²) in [6, 6.07) is 3.70. The van der Waals surface area contributed by atoms with Crippen LogP contribution in [0.15, 0.2) is 30.7 Å². The fourth-order valence-corrected chi connectivity index (χ4v) is 4.88. The van der Waals surface area contributed by atoms with Crippen LogP contribution in [0, 0.1) is 5.92 Å². The van der Waals surface area contributed by atoms with Gasteiger partial charge in [-0.1, -0.05) is 0 Å². The van der Waals surface area contributed by atoms with E-state index < -0.39 is 11.8 Å². The summed E-state index contributed by atoms with van der Waals surface area (Å²) in [6.45, 7) is 2.92. The molecule has 3 aliphatic rings. The van der Waals surface area contributed by atoms with E-state index in [0.717, 1.165) is 67.9 Å². The molecule has 1 aromatic carbocycles. The van der Waals surface area contributed by atoms with Crippen LogP contribution in [-0.2, 0) is 27.2 Å². The second-order valence-corrected chi connectivity index (χ2v) is 8.63. The van der Waals surface area contributed by atoms with Crippen LogP contribution in [0.1, 0.15) is 30.4 Å². The number of amides is 3. The number of anilines is 3. The van der Waals surface area contributed by atoms with E-state index in [1.54, 1.807) is 18.6 Å². The van der Waals surface area contributed by atoms with E-state index in [1.807, 2.05) is 17.0 Å². The molecule has 0 radical (unpaired) electrons. The Morgan fingerprint density at radius 3 is 2.66 bits per heavy atom. The average molecular weight is 435 g/mol. The van der Waals surface area contributed by atoms with Crippen molar-refractivity contribution < 1.29 is 14.4 Å². The van der Waals surface area contributed by atoms with Gasteiger partial charge in [-0.05, 0) is 54.9 Å². The first-order valence-electron chi connectivity index (χ1n) is 11.1. The number of benzene rings is 1. The van der Waals surface area contributed by atoms with Crippen molar-refractivity contribution in [2.24, 2.45) is 5.92 Å². The van der Waals surface area contributed by atoms with Gasteiger partial charge in [-0.25, -0.2) is 4.98 Å². The zero-order valence-corrected chi connectivity index (χ0v) is 17.8. The van der Waals surface area contributed by atoms with E-state index in [0.29, 0.717) is 24.6 Å². The number of nitrogens with one attached hydrogen (secondary N) is 2. The number of hydrogen-bond acceptors (Lipinski definition) is 6. The first-order valence-corrected chi connectivity index (χ1v) is 11.1. The Labute approximate surface area is 186 Å². The van der Waals surface area contributed by atoms with Crippen molar-refractivity contribution in [3.8, 4) is 0 Å². The number of carbonyl (C=O) groups is 3. The molecule has 0 spiro atoms. The molecule has 0 bridgehead atoms. The first-order chi connectivity index (χ1) is 15.6. The van der Waals surface area contributed by atoms with E-state index >= 15 is 0 Å². The summed E-state index contributed by atoms with van der Waals surface area (Å²) in [5.74, 6) is -0.0134. The van der Waals surface area contributed by atoms with Gasteiger partial charge in [0.15, 0.2) is 0 Å². The molecule has 166 valence electrons. The van der Waals surface area contributed by atoms with E-state index in [4.69, 9.17) is 0 Å². The van der Waals surface area contributed by atoms with Gasteiger partial charge in [0.25, 0.3) is 0 Å². The summed E-state index contributed by atoms with van der Waals surface area (Å²) in [6.07, 6.45) is 9.06. The minimum Gasteiger partial charge on any atom is -0.355 e. The van der Waals surface area contributed by atoms with Crippen LogP contribution in [0.2, 0.25) is 0 Å². The van der Waals surface area contributed by atoms with E-state index in [2.05, 4.69) is 25.5 Å². The lowest BCUT2D eigenvalue weighted by molar-refractivity contribution is -0.136. The van der Waals surface area contributed by atoms with Crippen LogP contribution in [0.5, 0.6) is 0 Å². The predicted molar refractivity (Wildman–Crippen MR) is 119 cm³/mol. The number of rotatable bonds is 4. The second kappa shape index (κ2) is 8.57. The van der Waals surface area contributed by atoms with Crippen molar-refractivity contribution in [1.29, 1.82) is 0 Å². The molecule has 2 aromatic rings. The quantitative estimate of drug-likeness (QED) is 0.702. The van der Waals surface area contributed by atoms with Crippen molar-refractivity contribution in [3.05, 3.63) is 41.9 Å². The van der Waals surface area contributed by atoms with Gasteiger partial charge in [0, 0.05) is 44.3 Å². The molecular weight excluding hydrogens is 408 g/mol. The summed E-state index contributed by atoms with van der Waals surface area (Å²) < 4.78 is 0. The Morgan fingerprint density at radius 1 is 1.06 bits per heavy atom. The number of carbonyl (C=O) groups excluding carboxylic acids is 3. The molecule has 0 aliphatic carbocycles. The summed E-state index contributed by atoms with van der Waals surface area (Å²) >= 11 is 0. The molecule has 0 atom stereocenters. The third kappa shape index (κ3) is 4.02. The van der Waals surface area contributed by atoms with Gasteiger partial charge in [0.2, 0.25) is 5.91 Å². The summed E-state index contributed by atoms with van der Waals surface area (Å²) in [4.78, 5) is 49.5. The number of nitrogens with zero attached hydrogens (tertiary/aromatic N) is 4. The number of piperidine rings is 1. The highest BCUT2D eigenvalue weighted by Crippen LogP contribution is 2.38. The number of hydrogen-bond donors (Lipinski definition) is 2. The molecule has 1 saturated heterocycles. The lowest BCUT2D eigenvalue weighted by Gasteiger charge is -2.32. The summed E-state index contributed by atoms with van der Waals surface area (Å²) in [7, 11) is 0. The summed E-state index contributed by atoms with van der Waals surface area (Å²) in [5, 5.41) is 5.49. The molecule has 1 fully saturated rings. The van der Waals surface area contributed by atoms with E-state index in [1.165, 1.54) is 0 Å². The van der Waals surface area contributed by atoms with Gasteiger partial charge in [0.05, 0.1) is 18.3 Å². The minimum absolute atomic E-state index is 0.104. The van der Waals surface area contributed by atoms with Crippen molar-refractivity contribution in [2.75, 3.05) is 41.3 Å². The Morgan fingerprint density at radius 2 is 1.88 bits per heavy atom. The monoisotopic (exact) mass is 434 g/mol. The number of aromatic nitrogens is 2. The first kappa shape index (κ1) is 20.4. The molecule has 5 rings (SSSR count). The molecule has 9 nitrogen and oxygen atoms in total. The van der Waals surface area contributed by atoms with Gasteiger partial charge in [-0.2, -0.15) is 0 Å². The maximum absolute atomic E-state index is 12.4. The molecule has 1 aromatic heterocycles. The molecule has 9 heteroatoms. The zero-order valence-electron chi connectivity index (χ0n) is 17.8. The molecule has 4 heterocycles. The SMILES string of the molecule is O=C(NCC1CCN(c2cnccn2)CC1)C(=O)Nc1cc2c3c(c1)CC(=O)N3CCC2. The Hall–Kier alpha value is -3.49. The van der Waals surface area contributed by atoms with Gasteiger partial charge in [-0.15, -0.1) is 0 Å². The third-order valence-electron chi connectivity index (χ3n) is 6.51. The summed E-state index contributed by atoms with van der Waals surface area (Å²) in [5.41, 5.74) is 3.56. The second-order valence-electron chi connectivity index (χ2n) is 8.63. The fourth-order valence-electron chi connectivity index (χ4n) is 4.88. The van der Waals surface area contributed by atoms with Crippen molar-refractivity contribution in [2.45, 2.75) is 32.1 Å². The standard InChI is InChI=1S/C23H26N6O3/c30-20-12-17-11-18(10-16-2-1-7-29(20)21(16)17)27-23(32)22(31)26-13-15-3-8-28(9-4-15)19-14-24-5-6-25-19/h5-6,10-11,14-15H,1-4,7-9,12-13H2,(H,26,31)(H,27,32). The Kier molecular flexibility index (Phi) is 5.46. The number of aryl methyl sites for hydroxylation is 1. The Bertz CT molecular complexity index is 1050. The van der Waals surface area contributed by atoms with Gasteiger partial charge >= 0.3 is 11.8 Å². The van der Waals surface area contributed by atoms with Crippen LogP contribution < -0.4 is 20.4 Å². The van der Waals surface area contributed by atoms with Gasteiger partial charge < -0.3 is 20.4 Å². The molecule has 2 N–H and O–H groups in total. The lowest BCUT2D eigenvalue weighted by Crippen LogP contribution is -2.42. The average Bonchev–Trinajstić information content (AvgIpc) is 3.15. The van der Waals surface area contributed by atoms with Crippen LogP contribution >= 0.6 is 0 Å². The fraction of sp³-hybridized carbons (Fsp3) is 0.435. The molecule has 3 amide bonds. The van der Waals surface area contributed by atoms with Gasteiger partial charge in [0.1, 0.15) is 5.82 Å². The molecule has 0 unspecified atom stereocenters. The maximum Gasteiger partial charge on any atom is 0.313 e.